The number of non-ortho nitro benzene ring substituents is 1. The maximum absolute atomic E-state index is 11.9. The Labute approximate surface area is 120 Å². The van der Waals surface area contributed by atoms with Crippen LogP contribution in [0, 0.1) is 10.1 Å². The average molecular weight is 293 g/mol. The molecule has 1 aromatic rings. The molecule has 0 atom stereocenters. The maximum Gasteiger partial charge on any atom is 0.269 e. The molecule has 21 heavy (non-hydrogen) atoms. The van der Waals surface area contributed by atoms with E-state index < -0.39 is 28.9 Å². The lowest BCUT2D eigenvalue weighted by Crippen LogP contribution is -2.64. The number of amides is 2. The second-order valence-corrected chi connectivity index (χ2v) is 5.25. The summed E-state index contributed by atoms with van der Waals surface area (Å²) >= 11 is 0. The summed E-state index contributed by atoms with van der Waals surface area (Å²) in [5, 5.41) is 22.4. The number of rotatable bonds is 3. The van der Waals surface area contributed by atoms with E-state index in [1.54, 1.807) is 13.8 Å². The molecule has 1 aliphatic rings. The highest BCUT2D eigenvalue weighted by atomic mass is 16.6. The van der Waals surface area contributed by atoms with Crippen molar-refractivity contribution in [1.82, 2.24) is 5.32 Å². The van der Waals surface area contributed by atoms with Gasteiger partial charge >= 0.3 is 0 Å². The Kier molecular flexibility index (Phi) is 3.65. The number of aliphatic hydroxyl groups is 1. The summed E-state index contributed by atoms with van der Waals surface area (Å²) in [4.78, 5) is 35.3. The lowest BCUT2D eigenvalue weighted by atomic mass is 9.96. The number of carbonyl (C=O) groups is 2. The summed E-state index contributed by atoms with van der Waals surface area (Å²) in [7, 11) is 0. The summed E-state index contributed by atoms with van der Waals surface area (Å²) < 4.78 is 0. The number of nitrogens with one attached hydrogen (secondary N) is 1. The summed E-state index contributed by atoms with van der Waals surface area (Å²) in [6, 6.07) is 3.96. The molecule has 0 aromatic heterocycles. The third-order valence-corrected chi connectivity index (χ3v) is 3.52. The predicted molar refractivity (Wildman–Crippen MR) is 73.6 cm³/mol. The minimum Gasteiger partial charge on any atom is -0.392 e. The minimum atomic E-state index is -1.01. The molecule has 1 heterocycles. The number of hydrogen-bond donors (Lipinski definition) is 2. The fraction of sp³-hybridized carbons (Fsp3) is 0.385. The Hall–Kier alpha value is -2.48. The molecular formula is C13H15N3O5. The second-order valence-electron chi connectivity index (χ2n) is 5.25. The van der Waals surface area contributed by atoms with Gasteiger partial charge < -0.3 is 10.0 Å². The standard InChI is InChI=1S/C13H15N3O5/c1-13(2)12(19)14-11(18)6-15(13)10-4-3-9(16(20)21)5-8(10)7-17/h3-5,17H,6-7H2,1-2H3,(H,14,18,19). The fourth-order valence-electron chi connectivity index (χ4n) is 2.24. The normalized spacial score (nSPS) is 17.6. The van der Waals surface area contributed by atoms with Crippen LogP contribution in [-0.4, -0.2) is 33.9 Å². The quantitative estimate of drug-likeness (QED) is 0.471. The molecule has 1 aliphatic heterocycles. The van der Waals surface area contributed by atoms with Crippen molar-refractivity contribution in [2.24, 2.45) is 0 Å². The van der Waals surface area contributed by atoms with E-state index in [9.17, 15) is 24.8 Å². The van der Waals surface area contributed by atoms with Gasteiger partial charge in [0, 0.05) is 23.4 Å². The maximum atomic E-state index is 11.9. The van der Waals surface area contributed by atoms with Gasteiger partial charge in [0.1, 0.15) is 5.54 Å². The van der Waals surface area contributed by atoms with Crippen LogP contribution in [0.1, 0.15) is 19.4 Å². The van der Waals surface area contributed by atoms with E-state index in [2.05, 4.69) is 5.32 Å². The molecule has 1 aromatic carbocycles. The summed E-state index contributed by atoms with van der Waals surface area (Å²) in [5.41, 5.74) is -0.446. The first-order chi connectivity index (χ1) is 9.77. The van der Waals surface area contributed by atoms with Crippen LogP contribution in [0.5, 0.6) is 0 Å². The minimum absolute atomic E-state index is 0.0659. The second kappa shape index (κ2) is 5.13. The van der Waals surface area contributed by atoms with Crippen LogP contribution in [0.4, 0.5) is 11.4 Å². The predicted octanol–water partition coefficient (Wildman–Crippen LogP) is 0.328. The third kappa shape index (κ3) is 2.57. The average Bonchev–Trinajstić information content (AvgIpc) is 2.42. The van der Waals surface area contributed by atoms with Gasteiger partial charge in [-0.15, -0.1) is 0 Å². The lowest BCUT2D eigenvalue weighted by Gasteiger charge is -2.42. The molecule has 2 rings (SSSR count). The van der Waals surface area contributed by atoms with Crippen LogP contribution in [0.2, 0.25) is 0 Å². The van der Waals surface area contributed by atoms with Crippen LogP contribution >= 0.6 is 0 Å². The Morgan fingerprint density at radius 1 is 1.43 bits per heavy atom. The summed E-state index contributed by atoms with van der Waals surface area (Å²) in [5.74, 6) is -0.914. The molecule has 0 bridgehead atoms. The molecule has 8 nitrogen and oxygen atoms in total. The lowest BCUT2D eigenvalue weighted by molar-refractivity contribution is -0.384. The van der Waals surface area contributed by atoms with E-state index >= 15 is 0 Å². The number of carbonyl (C=O) groups excluding carboxylic acids is 2. The highest BCUT2D eigenvalue weighted by Gasteiger charge is 2.41. The van der Waals surface area contributed by atoms with Gasteiger partial charge in [0.15, 0.2) is 0 Å². The van der Waals surface area contributed by atoms with Gasteiger partial charge in [0.25, 0.3) is 11.6 Å². The van der Waals surface area contributed by atoms with E-state index in [4.69, 9.17) is 0 Å². The van der Waals surface area contributed by atoms with Crippen molar-refractivity contribution in [3.63, 3.8) is 0 Å². The van der Waals surface area contributed by atoms with Gasteiger partial charge in [-0.2, -0.15) is 0 Å². The SMILES string of the molecule is CC1(C)C(=O)NC(=O)CN1c1ccc([N+](=O)[O-])cc1CO. The van der Waals surface area contributed by atoms with E-state index in [0.29, 0.717) is 11.3 Å². The zero-order valence-corrected chi connectivity index (χ0v) is 11.6. The first kappa shape index (κ1) is 14.9. The van der Waals surface area contributed by atoms with Crippen molar-refractivity contribution in [2.75, 3.05) is 11.4 Å². The van der Waals surface area contributed by atoms with Crippen LogP contribution in [-0.2, 0) is 16.2 Å². The Balaban J connectivity index is 2.51. The molecule has 0 aliphatic carbocycles. The Morgan fingerprint density at radius 2 is 2.10 bits per heavy atom. The summed E-state index contributed by atoms with van der Waals surface area (Å²) in [6.45, 7) is 2.78. The first-order valence-electron chi connectivity index (χ1n) is 6.27. The zero-order chi connectivity index (χ0) is 15.8. The molecule has 8 heteroatoms. The van der Waals surface area contributed by atoms with Gasteiger partial charge in [0.2, 0.25) is 5.91 Å². The van der Waals surface area contributed by atoms with Crippen molar-refractivity contribution in [3.8, 4) is 0 Å². The van der Waals surface area contributed by atoms with Crippen LogP contribution in [0.15, 0.2) is 18.2 Å². The number of hydrogen-bond acceptors (Lipinski definition) is 6. The molecule has 0 spiro atoms. The number of benzene rings is 1. The number of aliphatic hydroxyl groups excluding tert-OH is 1. The zero-order valence-electron chi connectivity index (χ0n) is 11.6. The monoisotopic (exact) mass is 293 g/mol. The van der Waals surface area contributed by atoms with E-state index in [1.165, 1.54) is 23.1 Å². The number of imide groups is 1. The third-order valence-electron chi connectivity index (χ3n) is 3.52. The van der Waals surface area contributed by atoms with E-state index in [1.807, 2.05) is 0 Å². The van der Waals surface area contributed by atoms with Crippen LogP contribution in [0.25, 0.3) is 0 Å². The Bertz CT molecular complexity index is 626. The van der Waals surface area contributed by atoms with Crippen LogP contribution in [0.3, 0.4) is 0 Å². The number of nitro benzene ring substituents is 1. The Morgan fingerprint density at radius 3 is 2.67 bits per heavy atom. The van der Waals surface area contributed by atoms with Crippen molar-refractivity contribution < 1.29 is 19.6 Å². The van der Waals surface area contributed by atoms with Gasteiger partial charge in [-0.25, -0.2) is 0 Å². The van der Waals surface area contributed by atoms with Crippen LogP contribution < -0.4 is 10.2 Å². The number of piperazine rings is 1. The van der Waals surface area contributed by atoms with Gasteiger partial charge in [-0.3, -0.25) is 25.0 Å². The highest BCUT2D eigenvalue weighted by Crippen LogP contribution is 2.32. The number of anilines is 1. The molecule has 1 saturated heterocycles. The van der Waals surface area contributed by atoms with Gasteiger partial charge in [-0.05, 0) is 19.9 Å². The fourth-order valence-corrected chi connectivity index (χ4v) is 2.24. The molecule has 0 saturated carbocycles. The molecule has 2 amide bonds. The largest absolute Gasteiger partial charge is 0.392 e. The van der Waals surface area contributed by atoms with Crippen molar-refractivity contribution >= 4 is 23.2 Å². The van der Waals surface area contributed by atoms with E-state index in [0.717, 1.165) is 0 Å². The van der Waals surface area contributed by atoms with Crippen molar-refractivity contribution in [3.05, 3.63) is 33.9 Å². The smallest absolute Gasteiger partial charge is 0.269 e. The molecule has 1 fully saturated rings. The molecule has 0 radical (unpaired) electrons. The van der Waals surface area contributed by atoms with E-state index in [-0.39, 0.29) is 12.2 Å². The summed E-state index contributed by atoms with van der Waals surface area (Å²) in [6.07, 6.45) is 0. The topological polar surface area (TPSA) is 113 Å². The van der Waals surface area contributed by atoms with Crippen molar-refractivity contribution in [2.45, 2.75) is 26.0 Å². The molecule has 112 valence electrons. The number of nitrogens with zero attached hydrogens (tertiary/aromatic N) is 2. The van der Waals surface area contributed by atoms with Gasteiger partial charge in [-0.1, -0.05) is 0 Å². The molecule has 2 N–H and O–H groups in total. The first-order valence-corrected chi connectivity index (χ1v) is 6.27. The number of nitro groups is 1. The molecular weight excluding hydrogens is 278 g/mol. The van der Waals surface area contributed by atoms with Crippen molar-refractivity contribution in [1.29, 1.82) is 0 Å². The van der Waals surface area contributed by atoms with Gasteiger partial charge in [0.05, 0.1) is 18.1 Å². The highest BCUT2D eigenvalue weighted by molar-refractivity contribution is 6.06. The molecule has 0 unspecified atom stereocenters.